The van der Waals surface area contributed by atoms with Gasteiger partial charge in [-0.05, 0) is 37.3 Å². The van der Waals surface area contributed by atoms with Crippen LogP contribution in [0, 0.1) is 5.82 Å². The Morgan fingerprint density at radius 1 is 1.20 bits per heavy atom. The van der Waals surface area contributed by atoms with Crippen LogP contribution in [0.4, 0.5) is 10.1 Å². The summed E-state index contributed by atoms with van der Waals surface area (Å²) in [5, 5.41) is 0. The zero-order valence-corrected chi connectivity index (χ0v) is 17.9. The molecule has 4 rings (SSSR count). The SMILES string of the molecule is CCn1c([C@H]2CC(=O)N(c3ccccc3F)C2)nc2cc(S(=O)(=O)N(C)C)ccc21. The summed E-state index contributed by atoms with van der Waals surface area (Å²) in [6.45, 7) is 2.92. The zero-order valence-electron chi connectivity index (χ0n) is 17.0. The Hall–Kier alpha value is -2.78. The molecule has 1 aromatic heterocycles. The smallest absolute Gasteiger partial charge is 0.242 e. The van der Waals surface area contributed by atoms with Crippen molar-refractivity contribution >= 4 is 32.7 Å². The lowest BCUT2D eigenvalue weighted by Crippen LogP contribution is -2.25. The summed E-state index contributed by atoms with van der Waals surface area (Å²) in [7, 11) is -0.610. The molecule has 158 valence electrons. The number of anilines is 1. The summed E-state index contributed by atoms with van der Waals surface area (Å²) >= 11 is 0. The number of imidazole rings is 1. The van der Waals surface area contributed by atoms with Crippen molar-refractivity contribution < 1.29 is 17.6 Å². The van der Waals surface area contributed by atoms with Crippen LogP contribution in [-0.4, -0.2) is 48.8 Å². The summed E-state index contributed by atoms with van der Waals surface area (Å²) < 4.78 is 42.3. The molecule has 1 aliphatic rings. The minimum Gasteiger partial charge on any atom is -0.328 e. The number of aryl methyl sites for hydroxylation is 1. The molecule has 0 saturated carbocycles. The highest BCUT2D eigenvalue weighted by atomic mass is 32.2. The third-order valence-electron chi connectivity index (χ3n) is 5.48. The van der Waals surface area contributed by atoms with Crippen LogP contribution in [0.3, 0.4) is 0 Å². The molecule has 0 aliphatic carbocycles. The summed E-state index contributed by atoms with van der Waals surface area (Å²) in [5.74, 6) is -0.0952. The van der Waals surface area contributed by atoms with Gasteiger partial charge in [0, 0.05) is 39.5 Å². The average molecular weight is 431 g/mol. The van der Waals surface area contributed by atoms with Gasteiger partial charge in [-0.2, -0.15) is 0 Å². The lowest BCUT2D eigenvalue weighted by Gasteiger charge is -2.17. The molecule has 0 N–H and O–H groups in total. The van der Waals surface area contributed by atoms with Crippen LogP contribution < -0.4 is 4.90 Å². The van der Waals surface area contributed by atoms with E-state index in [2.05, 4.69) is 0 Å². The van der Waals surface area contributed by atoms with Gasteiger partial charge in [-0.15, -0.1) is 0 Å². The van der Waals surface area contributed by atoms with E-state index in [1.165, 1.54) is 25.1 Å². The fourth-order valence-electron chi connectivity index (χ4n) is 3.93. The number of rotatable bonds is 5. The highest BCUT2D eigenvalue weighted by molar-refractivity contribution is 7.89. The molecule has 3 aromatic rings. The molecule has 1 amide bonds. The van der Waals surface area contributed by atoms with Crippen molar-refractivity contribution in [2.24, 2.45) is 0 Å². The fraction of sp³-hybridized carbons (Fsp3) is 0.333. The third kappa shape index (κ3) is 3.27. The second kappa shape index (κ2) is 7.48. The van der Waals surface area contributed by atoms with E-state index >= 15 is 0 Å². The number of hydrogen-bond donors (Lipinski definition) is 0. The number of hydrogen-bond acceptors (Lipinski definition) is 4. The summed E-state index contributed by atoms with van der Waals surface area (Å²) in [6, 6.07) is 11.1. The Morgan fingerprint density at radius 3 is 2.60 bits per heavy atom. The predicted octanol–water partition coefficient (Wildman–Crippen LogP) is 2.97. The van der Waals surface area contributed by atoms with Gasteiger partial charge < -0.3 is 9.47 Å². The molecule has 0 unspecified atom stereocenters. The van der Waals surface area contributed by atoms with E-state index in [1.807, 2.05) is 11.5 Å². The number of carbonyl (C=O) groups is 1. The van der Waals surface area contributed by atoms with E-state index in [4.69, 9.17) is 4.98 Å². The summed E-state index contributed by atoms with van der Waals surface area (Å²) in [6.07, 6.45) is 0.223. The first-order valence-electron chi connectivity index (χ1n) is 9.71. The molecule has 1 aliphatic heterocycles. The molecule has 2 heterocycles. The van der Waals surface area contributed by atoms with E-state index in [-0.39, 0.29) is 28.8 Å². The number of fused-ring (bicyclic) bond motifs is 1. The van der Waals surface area contributed by atoms with Gasteiger partial charge in [-0.3, -0.25) is 4.79 Å². The molecular formula is C21H23FN4O3S. The Morgan fingerprint density at radius 2 is 1.93 bits per heavy atom. The Bertz CT molecular complexity index is 1240. The quantitative estimate of drug-likeness (QED) is 0.624. The number of halogens is 1. The average Bonchev–Trinajstić information content (AvgIpc) is 3.27. The number of benzene rings is 2. The Balaban J connectivity index is 1.74. The van der Waals surface area contributed by atoms with Crippen molar-refractivity contribution in [1.82, 2.24) is 13.9 Å². The lowest BCUT2D eigenvalue weighted by molar-refractivity contribution is -0.117. The van der Waals surface area contributed by atoms with Gasteiger partial charge in [0.05, 0.1) is 21.6 Å². The number of aromatic nitrogens is 2. The van der Waals surface area contributed by atoms with Crippen molar-refractivity contribution in [3.8, 4) is 0 Å². The minimum atomic E-state index is -3.58. The Kier molecular flexibility index (Phi) is 5.11. The van der Waals surface area contributed by atoms with Crippen LogP contribution in [0.1, 0.15) is 25.1 Å². The summed E-state index contributed by atoms with van der Waals surface area (Å²) in [4.78, 5) is 18.9. The maximum Gasteiger partial charge on any atom is 0.242 e. The summed E-state index contributed by atoms with van der Waals surface area (Å²) in [5.41, 5.74) is 1.64. The number of amides is 1. The largest absolute Gasteiger partial charge is 0.328 e. The standard InChI is InChI=1S/C21H23FN4O3S/c1-4-25-19-10-9-15(30(28,29)24(2)3)12-17(19)23-21(25)14-11-20(27)26(13-14)18-8-6-5-7-16(18)22/h5-10,12,14H,4,11,13H2,1-3H3/t14-/m0/s1. The molecule has 30 heavy (non-hydrogen) atoms. The molecule has 9 heteroatoms. The van der Waals surface area contributed by atoms with Gasteiger partial charge in [0.1, 0.15) is 11.6 Å². The highest BCUT2D eigenvalue weighted by Crippen LogP contribution is 2.34. The number of carbonyl (C=O) groups excluding carboxylic acids is 1. The maximum atomic E-state index is 14.2. The number of nitrogens with zero attached hydrogens (tertiary/aromatic N) is 4. The first-order valence-corrected chi connectivity index (χ1v) is 11.2. The van der Waals surface area contributed by atoms with Crippen LogP contribution >= 0.6 is 0 Å². The van der Waals surface area contributed by atoms with Crippen LogP contribution in [0.2, 0.25) is 0 Å². The van der Waals surface area contributed by atoms with Crippen LogP contribution in [0.5, 0.6) is 0 Å². The van der Waals surface area contributed by atoms with Crippen molar-refractivity contribution in [3.63, 3.8) is 0 Å². The van der Waals surface area contributed by atoms with Gasteiger partial charge in [-0.1, -0.05) is 12.1 Å². The fourth-order valence-corrected chi connectivity index (χ4v) is 4.85. The molecular weight excluding hydrogens is 407 g/mol. The van der Waals surface area contributed by atoms with Crippen LogP contribution in [-0.2, 0) is 21.4 Å². The van der Waals surface area contributed by atoms with Crippen LogP contribution in [0.15, 0.2) is 47.4 Å². The topological polar surface area (TPSA) is 75.5 Å². The van der Waals surface area contributed by atoms with Crippen molar-refractivity contribution in [2.45, 2.75) is 30.7 Å². The predicted molar refractivity (Wildman–Crippen MR) is 112 cm³/mol. The molecule has 1 atom stereocenters. The second-order valence-electron chi connectivity index (χ2n) is 7.51. The molecule has 2 aromatic carbocycles. The van der Waals surface area contributed by atoms with Gasteiger partial charge >= 0.3 is 0 Å². The highest BCUT2D eigenvalue weighted by Gasteiger charge is 2.35. The third-order valence-corrected chi connectivity index (χ3v) is 7.29. The molecule has 0 spiro atoms. The van der Waals surface area contributed by atoms with Gasteiger partial charge in [0.25, 0.3) is 0 Å². The van der Waals surface area contributed by atoms with E-state index < -0.39 is 15.8 Å². The molecule has 0 bridgehead atoms. The first kappa shape index (κ1) is 20.5. The van der Waals surface area contributed by atoms with Crippen LogP contribution in [0.25, 0.3) is 11.0 Å². The monoisotopic (exact) mass is 430 g/mol. The van der Waals surface area contributed by atoms with Gasteiger partial charge in [0.2, 0.25) is 15.9 Å². The molecule has 1 fully saturated rings. The van der Waals surface area contributed by atoms with Gasteiger partial charge in [-0.25, -0.2) is 22.1 Å². The number of para-hydroxylation sites is 1. The zero-order chi connectivity index (χ0) is 21.6. The minimum absolute atomic E-state index is 0.157. The van der Waals surface area contributed by atoms with Gasteiger partial charge in [0.15, 0.2) is 0 Å². The first-order chi connectivity index (χ1) is 14.2. The van der Waals surface area contributed by atoms with E-state index in [0.717, 1.165) is 9.82 Å². The van der Waals surface area contributed by atoms with E-state index in [0.29, 0.717) is 24.4 Å². The molecule has 0 radical (unpaired) electrons. The Labute approximate surface area is 174 Å². The number of sulfonamides is 1. The second-order valence-corrected chi connectivity index (χ2v) is 9.66. The lowest BCUT2D eigenvalue weighted by atomic mass is 10.1. The molecule has 7 nitrogen and oxygen atoms in total. The van der Waals surface area contributed by atoms with E-state index in [1.54, 1.807) is 36.4 Å². The maximum absolute atomic E-state index is 14.2. The van der Waals surface area contributed by atoms with Crippen molar-refractivity contribution in [2.75, 3.05) is 25.5 Å². The van der Waals surface area contributed by atoms with Crippen molar-refractivity contribution in [3.05, 3.63) is 54.1 Å². The molecule has 1 saturated heterocycles. The normalized spacial score (nSPS) is 17.4. The van der Waals surface area contributed by atoms with E-state index in [9.17, 15) is 17.6 Å². The van der Waals surface area contributed by atoms with Crippen molar-refractivity contribution in [1.29, 1.82) is 0 Å².